The van der Waals surface area contributed by atoms with Crippen LogP contribution in [0.25, 0.3) is 0 Å². The van der Waals surface area contributed by atoms with Crippen LogP contribution in [0.3, 0.4) is 0 Å². The van der Waals surface area contributed by atoms with Gasteiger partial charge in [0, 0.05) is 19.3 Å². The van der Waals surface area contributed by atoms with Gasteiger partial charge in [-0.25, -0.2) is 10.0 Å². The summed E-state index contributed by atoms with van der Waals surface area (Å²) in [6.45, 7) is -0.136. The van der Waals surface area contributed by atoms with E-state index in [1.54, 1.807) is 0 Å². The van der Waals surface area contributed by atoms with Crippen LogP contribution in [0.15, 0.2) is 16.7 Å². The summed E-state index contributed by atoms with van der Waals surface area (Å²) in [7, 11) is 2.90. The molecule has 1 aromatic rings. The van der Waals surface area contributed by atoms with Crippen molar-refractivity contribution in [3.05, 3.63) is 21.9 Å². The summed E-state index contributed by atoms with van der Waals surface area (Å²) in [5.41, 5.74) is 0. The molecule has 0 saturated carbocycles. The number of nitrogens with zero attached hydrogens (tertiary/aromatic N) is 2. The fraction of sp³-hybridized carbons (Fsp3) is 0.333. The summed E-state index contributed by atoms with van der Waals surface area (Å²) >= 11 is 8.92. The Bertz CT molecular complexity index is 389. The van der Waals surface area contributed by atoms with Gasteiger partial charge in [0.05, 0.1) is 11.6 Å². The van der Waals surface area contributed by atoms with Gasteiger partial charge < -0.3 is 4.74 Å². The van der Waals surface area contributed by atoms with Gasteiger partial charge in [-0.2, -0.15) is 0 Å². The average molecular weight is 310 g/mol. The molecule has 0 aliphatic carbocycles. The van der Waals surface area contributed by atoms with Crippen molar-refractivity contribution in [2.24, 2.45) is 0 Å². The number of carbonyl (C=O) groups excluding carboxylic acids is 1. The minimum absolute atomic E-state index is 0.136. The van der Waals surface area contributed by atoms with Gasteiger partial charge in [0.1, 0.15) is 10.9 Å². The zero-order valence-corrected chi connectivity index (χ0v) is 11.1. The highest BCUT2D eigenvalue weighted by molar-refractivity contribution is 9.10. The lowest BCUT2D eigenvalue weighted by Gasteiger charge is -2.14. The molecule has 0 unspecified atom stereocenters. The SMILES string of the molecule is CON(C)C(=O)COc1cc(Cl)ncc1Br. The van der Waals surface area contributed by atoms with Gasteiger partial charge in [-0.1, -0.05) is 11.6 Å². The zero-order valence-electron chi connectivity index (χ0n) is 8.74. The van der Waals surface area contributed by atoms with E-state index in [0.717, 1.165) is 5.06 Å². The third-order valence-corrected chi connectivity index (χ3v) is 2.57. The molecule has 0 N–H and O–H groups in total. The standard InChI is InChI=1S/C9H10BrClN2O3/c1-13(15-2)9(14)5-16-7-3-8(11)12-4-6(7)10/h3-4H,5H2,1-2H3. The predicted octanol–water partition coefficient (Wildman–Crippen LogP) is 1.90. The molecule has 5 nitrogen and oxygen atoms in total. The topological polar surface area (TPSA) is 51.7 Å². The van der Waals surface area contributed by atoms with E-state index >= 15 is 0 Å². The summed E-state index contributed by atoms with van der Waals surface area (Å²) in [4.78, 5) is 19.9. The van der Waals surface area contributed by atoms with Crippen LogP contribution in [-0.4, -0.2) is 36.7 Å². The van der Waals surface area contributed by atoms with Gasteiger partial charge in [-0.15, -0.1) is 0 Å². The van der Waals surface area contributed by atoms with Gasteiger partial charge in [0.2, 0.25) is 0 Å². The van der Waals surface area contributed by atoms with Crippen LogP contribution >= 0.6 is 27.5 Å². The lowest BCUT2D eigenvalue weighted by Crippen LogP contribution is -2.30. The van der Waals surface area contributed by atoms with E-state index in [1.807, 2.05) is 0 Å². The molecule has 1 heterocycles. The van der Waals surface area contributed by atoms with Crippen LogP contribution in [0.5, 0.6) is 5.75 Å². The highest BCUT2D eigenvalue weighted by Gasteiger charge is 2.10. The summed E-state index contributed by atoms with van der Waals surface area (Å²) < 4.78 is 5.89. The minimum atomic E-state index is -0.303. The second kappa shape index (κ2) is 6.03. The van der Waals surface area contributed by atoms with Crippen molar-refractivity contribution in [1.82, 2.24) is 10.0 Å². The highest BCUT2D eigenvalue weighted by Crippen LogP contribution is 2.26. The first-order chi connectivity index (χ1) is 7.54. The zero-order chi connectivity index (χ0) is 12.1. The Labute approximate surface area is 106 Å². The first-order valence-corrected chi connectivity index (χ1v) is 5.46. The number of ether oxygens (including phenoxy) is 1. The van der Waals surface area contributed by atoms with E-state index in [0.29, 0.717) is 15.4 Å². The van der Waals surface area contributed by atoms with Crippen molar-refractivity contribution in [2.75, 3.05) is 20.8 Å². The lowest BCUT2D eigenvalue weighted by molar-refractivity contribution is -0.170. The molecule has 0 radical (unpaired) electrons. The monoisotopic (exact) mass is 308 g/mol. The first-order valence-electron chi connectivity index (χ1n) is 4.29. The third-order valence-electron chi connectivity index (χ3n) is 1.76. The van der Waals surface area contributed by atoms with Gasteiger partial charge >= 0.3 is 0 Å². The number of hydrogen-bond acceptors (Lipinski definition) is 4. The normalized spacial score (nSPS) is 10.0. The molecular formula is C9H10BrClN2O3. The number of pyridine rings is 1. The molecule has 0 atom stereocenters. The number of halogens is 2. The number of aromatic nitrogens is 1. The second-order valence-corrected chi connectivity index (χ2v) is 4.04. The van der Waals surface area contributed by atoms with Gasteiger partial charge in [-0.3, -0.25) is 9.63 Å². The quantitative estimate of drug-likeness (QED) is 0.629. The van der Waals surface area contributed by atoms with E-state index in [2.05, 4.69) is 20.9 Å². The number of hydrogen-bond donors (Lipinski definition) is 0. The molecule has 7 heteroatoms. The van der Waals surface area contributed by atoms with E-state index in [-0.39, 0.29) is 12.5 Å². The summed E-state index contributed by atoms with van der Waals surface area (Å²) in [5.74, 6) is 0.153. The van der Waals surface area contributed by atoms with Crippen molar-refractivity contribution in [2.45, 2.75) is 0 Å². The van der Waals surface area contributed by atoms with E-state index in [1.165, 1.54) is 26.4 Å². The van der Waals surface area contributed by atoms with Crippen molar-refractivity contribution >= 4 is 33.4 Å². The third kappa shape index (κ3) is 3.62. The van der Waals surface area contributed by atoms with E-state index < -0.39 is 0 Å². The maximum atomic E-state index is 11.4. The smallest absolute Gasteiger partial charge is 0.283 e. The van der Waals surface area contributed by atoms with Crippen molar-refractivity contribution < 1.29 is 14.4 Å². The molecule has 88 valence electrons. The van der Waals surface area contributed by atoms with Crippen LogP contribution < -0.4 is 4.74 Å². The van der Waals surface area contributed by atoms with Gasteiger partial charge in [0.25, 0.3) is 5.91 Å². The second-order valence-electron chi connectivity index (χ2n) is 2.80. The van der Waals surface area contributed by atoms with Crippen LogP contribution in [0, 0.1) is 0 Å². The van der Waals surface area contributed by atoms with E-state index in [4.69, 9.17) is 21.2 Å². The fourth-order valence-corrected chi connectivity index (χ4v) is 1.32. The lowest BCUT2D eigenvalue weighted by atomic mass is 10.4. The summed E-state index contributed by atoms with van der Waals surface area (Å²) in [6, 6.07) is 1.52. The van der Waals surface area contributed by atoms with Crippen molar-refractivity contribution in [3.8, 4) is 5.75 Å². The molecule has 1 rings (SSSR count). The summed E-state index contributed by atoms with van der Waals surface area (Å²) in [6.07, 6.45) is 1.50. The Morgan fingerprint density at radius 2 is 2.38 bits per heavy atom. The minimum Gasteiger partial charge on any atom is -0.482 e. The molecule has 0 saturated heterocycles. The maximum Gasteiger partial charge on any atom is 0.283 e. The molecule has 0 aliphatic rings. The largest absolute Gasteiger partial charge is 0.482 e. The molecule has 16 heavy (non-hydrogen) atoms. The number of rotatable bonds is 4. The molecule has 0 aromatic carbocycles. The molecule has 1 amide bonds. The van der Waals surface area contributed by atoms with Crippen LogP contribution in [0.1, 0.15) is 0 Å². The van der Waals surface area contributed by atoms with Crippen molar-refractivity contribution in [1.29, 1.82) is 0 Å². The van der Waals surface area contributed by atoms with Gasteiger partial charge in [0.15, 0.2) is 6.61 Å². The van der Waals surface area contributed by atoms with Crippen LogP contribution in [0.2, 0.25) is 5.15 Å². The Kier molecular flexibility index (Phi) is 4.98. The van der Waals surface area contributed by atoms with Crippen molar-refractivity contribution in [3.63, 3.8) is 0 Å². The number of carbonyl (C=O) groups is 1. The molecule has 0 bridgehead atoms. The fourth-order valence-electron chi connectivity index (χ4n) is 0.839. The van der Waals surface area contributed by atoms with Crippen LogP contribution in [-0.2, 0) is 9.63 Å². The summed E-state index contributed by atoms with van der Waals surface area (Å²) in [5, 5.41) is 1.38. The highest BCUT2D eigenvalue weighted by atomic mass is 79.9. The molecule has 0 fully saturated rings. The number of amides is 1. The number of likely N-dealkylation sites (N-methyl/N-ethyl adjacent to an activating group) is 1. The molecule has 0 aliphatic heterocycles. The van der Waals surface area contributed by atoms with Gasteiger partial charge in [-0.05, 0) is 15.9 Å². The average Bonchev–Trinajstić information content (AvgIpc) is 2.28. The van der Waals surface area contributed by atoms with E-state index in [9.17, 15) is 4.79 Å². The Balaban J connectivity index is 2.61. The molecule has 1 aromatic heterocycles. The maximum absolute atomic E-state index is 11.4. The first kappa shape index (κ1) is 13.2. The Hall–Kier alpha value is -0.850. The molecular weight excluding hydrogens is 299 g/mol. The Morgan fingerprint density at radius 3 is 3.00 bits per heavy atom. The Morgan fingerprint density at radius 1 is 1.69 bits per heavy atom. The number of hydroxylamine groups is 2. The molecule has 0 spiro atoms. The van der Waals surface area contributed by atoms with Crippen LogP contribution in [0.4, 0.5) is 0 Å². The predicted molar refractivity (Wildman–Crippen MR) is 62.2 cm³/mol.